The van der Waals surface area contributed by atoms with Gasteiger partial charge < -0.3 is 10.2 Å². The molecule has 0 radical (unpaired) electrons. The summed E-state index contributed by atoms with van der Waals surface area (Å²) in [4.78, 5) is 6.92. The molecule has 0 spiro atoms. The molecule has 1 aliphatic rings. The number of benzene rings is 1. The molecule has 0 unspecified atom stereocenters. The molecule has 1 N–H and O–H groups in total. The van der Waals surface area contributed by atoms with Crippen molar-refractivity contribution in [3.8, 4) is 6.07 Å². The van der Waals surface area contributed by atoms with Crippen LogP contribution in [0, 0.1) is 11.3 Å². The maximum Gasteiger partial charge on any atom is 0.147 e. The zero-order valence-corrected chi connectivity index (χ0v) is 11.7. The average molecular weight is 266 g/mol. The van der Waals surface area contributed by atoms with E-state index in [4.69, 9.17) is 4.98 Å². The first-order valence-electron chi connectivity index (χ1n) is 7.11. The lowest BCUT2D eigenvalue weighted by atomic mass is 10.1. The van der Waals surface area contributed by atoms with Gasteiger partial charge in [0.15, 0.2) is 0 Å². The average Bonchev–Trinajstić information content (AvgIpc) is 2.53. The van der Waals surface area contributed by atoms with E-state index in [1.807, 2.05) is 6.07 Å². The standard InChI is InChI=1S/C16H18N4/c1-2-12-3-4-15-13(9-12)10-14(11-17)16(19-15)20-7-5-18-6-8-20/h3-4,9-10,18H,2,5-8H2,1H3. The quantitative estimate of drug-likeness (QED) is 0.904. The smallest absolute Gasteiger partial charge is 0.147 e. The normalized spacial score (nSPS) is 15.3. The van der Waals surface area contributed by atoms with E-state index in [2.05, 4.69) is 41.4 Å². The third-order valence-corrected chi connectivity index (χ3v) is 3.80. The predicted molar refractivity (Wildman–Crippen MR) is 80.9 cm³/mol. The van der Waals surface area contributed by atoms with Gasteiger partial charge in [-0.05, 0) is 30.2 Å². The van der Waals surface area contributed by atoms with Crippen LogP contribution in [0.25, 0.3) is 10.9 Å². The van der Waals surface area contributed by atoms with E-state index in [-0.39, 0.29) is 0 Å². The van der Waals surface area contributed by atoms with Crippen molar-refractivity contribution < 1.29 is 0 Å². The minimum atomic E-state index is 0.674. The van der Waals surface area contributed by atoms with Crippen molar-refractivity contribution in [1.29, 1.82) is 5.26 Å². The maximum atomic E-state index is 9.40. The zero-order chi connectivity index (χ0) is 13.9. The number of hydrogen-bond donors (Lipinski definition) is 1. The fraction of sp³-hybridized carbons (Fsp3) is 0.375. The number of nitriles is 1. The lowest BCUT2D eigenvalue weighted by Crippen LogP contribution is -2.44. The van der Waals surface area contributed by atoms with Crippen LogP contribution in [0.1, 0.15) is 18.1 Å². The number of hydrogen-bond acceptors (Lipinski definition) is 4. The summed E-state index contributed by atoms with van der Waals surface area (Å²) >= 11 is 0. The topological polar surface area (TPSA) is 52.0 Å². The highest BCUT2D eigenvalue weighted by atomic mass is 15.2. The summed E-state index contributed by atoms with van der Waals surface area (Å²) in [5.74, 6) is 0.825. The molecular weight excluding hydrogens is 248 g/mol. The van der Waals surface area contributed by atoms with Crippen LogP contribution in [0.3, 0.4) is 0 Å². The molecule has 0 amide bonds. The van der Waals surface area contributed by atoms with Crippen molar-refractivity contribution >= 4 is 16.7 Å². The lowest BCUT2D eigenvalue weighted by Gasteiger charge is -2.29. The molecule has 102 valence electrons. The summed E-state index contributed by atoms with van der Waals surface area (Å²) in [5, 5.41) is 13.8. The van der Waals surface area contributed by atoms with Gasteiger partial charge in [-0.25, -0.2) is 4.98 Å². The van der Waals surface area contributed by atoms with Crippen molar-refractivity contribution in [2.75, 3.05) is 31.1 Å². The van der Waals surface area contributed by atoms with Gasteiger partial charge in [0.25, 0.3) is 0 Å². The first kappa shape index (κ1) is 12.9. The number of aromatic nitrogens is 1. The van der Waals surface area contributed by atoms with Crippen LogP contribution in [-0.2, 0) is 6.42 Å². The third kappa shape index (κ3) is 2.33. The van der Waals surface area contributed by atoms with Crippen molar-refractivity contribution in [2.24, 2.45) is 0 Å². The predicted octanol–water partition coefficient (Wildman–Crippen LogP) is 2.08. The molecule has 4 nitrogen and oxygen atoms in total. The largest absolute Gasteiger partial charge is 0.353 e. The van der Waals surface area contributed by atoms with Crippen molar-refractivity contribution in [3.63, 3.8) is 0 Å². The molecule has 1 aliphatic heterocycles. The minimum Gasteiger partial charge on any atom is -0.353 e. The van der Waals surface area contributed by atoms with Crippen LogP contribution < -0.4 is 10.2 Å². The molecule has 0 bridgehead atoms. The van der Waals surface area contributed by atoms with Crippen molar-refractivity contribution in [3.05, 3.63) is 35.4 Å². The Kier molecular flexibility index (Phi) is 3.53. The number of pyridine rings is 1. The van der Waals surface area contributed by atoms with E-state index >= 15 is 0 Å². The monoisotopic (exact) mass is 266 g/mol. The van der Waals surface area contributed by atoms with Gasteiger partial charge in [0.1, 0.15) is 11.9 Å². The number of aryl methyl sites for hydroxylation is 1. The van der Waals surface area contributed by atoms with Gasteiger partial charge in [-0.2, -0.15) is 5.26 Å². The van der Waals surface area contributed by atoms with Gasteiger partial charge in [0.2, 0.25) is 0 Å². The van der Waals surface area contributed by atoms with Crippen LogP contribution in [0.5, 0.6) is 0 Å². The Balaban J connectivity index is 2.09. The second-order valence-electron chi connectivity index (χ2n) is 5.09. The summed E-state index contributed by atoms with van der Waals surface area (Å²) in [5.41, 5.74) is 2.92. The van der Waals surface area contributed by atoms with Crippen LogP contribution in [0.4, 0.5) is 5.82 Å². The highest BCUT2D eigenvalue weighted by molar-refractivity contribution is 5.83. The molecule has 1 aromatic heterocycles. The summed E-state index contributed by atoms with van der Waals surface area (Å²) in [6, 6.07) is 10.6. The Morgan fingerprint density at radius 3 is 2.80 bits per heavy atom. The number of nitrogens with zero attached hydrogens (tertiary/aromatic N) is 3. The number of fused-ring (bicyclic) bond motifs is 1. The van der Waals surface area contributed by atoms with E-state index in [0.29, 0.717) is 5.56 Å². The summed E-state index contributed by atoms with van der Waals surface area (Å²) in [6.45, 7) is 5.83. The molecule has 1 saturated heterocycles. The van der Waals surface area contributed by atoms with Gasteiger partial charge in [0.05, 0.1) is 11.1 Å². The number of piperazine rings is 1. The lowest BCUT2D eigenvalue weighted by molar-refractivity contribution is 0.585. The van der Waals surface area contributed by atoms with Gasteiger partial charge in [-0.1, -0.05) is 13.0 Å². The zero-order valence-electron chi connectivity index (χ0n) is 11.7. The third-order valence-electron chi connectivity index (χ3n) is 3.80. The Bertz CT molecular complexity index is 666. The molecule has 20 heavy (non-hydrogen) atoms. The van der Waals surface area contributed by atoms with Crippen LogP contribution in [-0.4, -0.2) is 31.2 Å². The molecule has 2 heterocycles. The summed E-state index contributed by atoms with van der Waals surface area (Å²) < 4.78 is 0. The molecule has 1 aromatic carbocycles. The first-order valence-corrected chi connectivity index (χ1v) is 7.11. The van der Waals surface area contributed by atoms with Gasteiger partial charge >= 0.3 is 0 Å². The fourth-order valence-electron chi connectivity index (χ4n) is 2.64. The van der Waals surface area contributed by atoms with Crippen molar-refractivity contribution in [2.45, 2.75) is 13.3 Å². The Morgan fingerprint density at radius 1 is 1.30 bits per heavy atom. The van der Waals surface area contributed by atoms with E-state index in [1.165, 1.54) is 5.56 Å². The maximum absolute atomic E-state index is 9.40. The number of rotatable bonds is 2. The highest BCUT2D eigenvalue weighted by Crippen LogP contribution is 2.24. The molecule has 3 rings (SSSR count). The molecule has 0 saturated carbocycles. The number of nitrogens with one attached hydrogen (secondary N) is 1. The van der Waals surface area contributed by atoms with Gasteiger partial charge in [0, 0.05) is 31.6 Å². The number of anilines is 1. The Labute approximate surface area is 119 Å². The first-order chi connectivity index (χ1) is 9.81. The molecule has 1 fully saturated rings. The van der Waals surface area contributed by atoms with Gasteiger partial charge in [-0.15, -0.1) is 0 Å². The van der Waals surface area contributed by atoms with E-state index in [1.54, 1.807) is 0 Å². The van der Waals surface area contributed by atoms with Crippen molar-refractivity contribution in [1.82, 2.24) is 10.3 Å². The Morgan fingerprint density at radius 2 is 2.10 bits per heavy atom. The second kappa shape index (κ2) is 5.48. The highest BCUT2D eigenvalue weighted by Gasteiger charge is 2.16. The molecule has 2 aromatic rings. The van der Waals surface area contributed by atoms with Gasteiger partial charge in [-0.3, -0.25) is 0 Å². The van der Waals surface area contributed by atoms with Crippen LogP contribution >= 0.6 is 0 Å². The molecular formula is C16H18N4. The second-order valence-corrected chi connectivity index (χ2v) is 5.09. The van der Waals surface area contributed by atoms with Crippen LogP contribution in [0.2, 0.25) is 0 Å². The molecule has 0 aliphatic carbocycles. The summed E-state index contributed by atoms with van der Waals surface area (Å²) in [7, 11) is 0. The summed E-state index contributed by atoms with van der Waals surface area (Å²) in [6.07, 6.45) is 0.997. The molecule has 4 heteroatoms. The van der Waals surface area contributed by atoms with E-state index < -0.39 is 0 Å². The minimum absolute atomic E-state index is 0.674. The Hall–Kier alpha value is -2.12. The fourth-order valence-corrected chi connectivity index (χ4v) is 2.64. The van der Waals surface area contributed by atoms with E-state index in [9.17, 15) is 5.26 Å². The molecule has 0 atom stereocenters. The van der Waals surface area contributed by atoms with Crippen LogP contribution in [0.15, 0.2) is 24.3 Å². The SMILES string of the molecule is CCc1ccc2nc(N3CCNCC3)c(C#N)cc2c1. The van der Waals surface area contributed by atoms with E-state index in [0.717, 1.165) is 49.3 Å².